The Hall–Kier alpha value is -3.76. The molecule has 1 amide bonds. The summed E-state index contributed by atoms with van der Waals surface area (Å²) in [7, 11) is 0. The van der Waals surface area contributed by atoms with Crippen LogP contribution in [0.3, 0.4) is 0 Å². The van der Waals surface area contributed by atoms with Gasteiger partial charge in [-0.15, -0.1) is 0 Å². The van der Waals surface area contributed by atoms with Crippen molar-refractivity contribution >= 4 is 22.5 Å². The molecule has 0 bridgehead atoms. The summed E-state index contributed by atoms with van der Waals surface area (Å²) in [6.07, 6.45) is 3.54. The first-order valence-corrected chi connectivity index (χ1v) is 9.64. The van der Waals surface area contributed by atoms with Crippen LogP contribution in [0.15, 0.2) is 40.1 Å². The van der Waals surface area contributed by atoms with Gasteiger partial charge in [0.1, 0.15) is 22.7 Å². The van der Waals surface area contributed by atoms with Crippen molar-refractivity contribution in [1.82, 2.24) is 19.9 Å². The fourth-order valence-corrected chi connectivity index (χ4v) is 3.28. The number of benzene rings is 1. The van der Waals surface area contributed by atoms with Crippen LogP contribution in [0.5, 0.6) is 0 Å². The fraction of sp³-hybridized carbons (Fsp3) is 0.238. The normalized spacial score (nSPS) is 15.1. The molecule has 7 nitrogen and oxygen atoms in total. The summed E-state index contributed by atoms with van der Waals surface area (Å²) in [6.45, 7) is 1.37. The zero-order valence-corrected chi connectivity index (χ0v) is 16.6. The quantitative estimate of drug-likeness (QED) is 0.464. The number of nitrogens with one attached hydrogen (secondary N) is 2. The number of aromatic amines is 1. The average Bonchev–Trinajstić information content (AvgIpc) is 3.53. The van der Waals surface area contributed by atoms with Crippen LogP contribution in [0.4, 0.5) is 17.6 Å². The number of carbonyl (C=O) groups is 1. The van der Waals surface area contributed by atoms with E-state index in [1.807, 2.05) is 0 Å². The van der Waals surface area contributed by atoms with E-state index in [0.29, 0.717) is 23.5 Å². The molecule has 4 rings (SSSR count). The second-order valence-electron chi connectivity index (χ2n) is 7.46. The smallest absolute Gasteiger partial charge is 0.333 e. The summed E-state index contributed by atoms with van der Waals surface area (Å²) < 4.78 is 55.6. The zero-order chi connectivity index (χ0) is 23.2. The van der Waals surface area contributed by atoms with Gasteiger partial charge in [0.2, 0.25) is 0 Å². The van der Waals surface area contributed by atoms with Gasteiger partial charge < -0.3 is 10.3 Å². The lowest BCUT2D eigenvalue weighted by atomic mass is 10.2. The number of halogens is 4. The van der Waals surface area contributed by atoms with Gasteiger partial charge in [0, 0.05) is 6.07 Å². The molecule has 2 N–H and O–H groups in total. The average molecular weight is 448 g/mol. The summed E-state index contributed by atoms with van der Waals surface area (Å²) in [5, 5.41) is 1.68. The van der Waals surface area contributed by atoms with Crippen molar-refractivity contribution in [3.8, 4) is 0 Å². The number of allylic oxidation sites excluding steroid dienone is 1. The number of hydrogen-bond acceptors (Lipinski definition) is 4. The Kier molecular flexibility index (Phi) is 5.41. The van der Waals surface area contributed by atoms with Crippen molar-refractivity contribution in [1.29, 1.82) is 0 Å². The molecule has 166 valence electrons. The molecule has 0 aliphatic heterocycles. The Morgan fingerprint density at radius 2 is 1.94 bits per heavy atom. The molecular formula is C21H16F4N4O3. The predicted molar refractivity (Wildman–Crippen MR) is 106 cm³/mol. The van der Waals surface area contributed by atoms with Gasteiger partial charge in [0.25, 0.3) is 11.5 Å². The Bertz CT molecular complexity index is 1390. The molecule has 0 spiro atoms. The molecule has 2 aromatic heterocycles. The topological polar surface area (TPSA) is 96.9 Å². The second-order valence-corrected chi connectivity index (χ2v) is 7.46. The van der Waals surface area contributed by atoms with Crippen molar-refractivity contribution in [3.63, 3.8) is 0 Å². The van der Waals surface area contributed by atoms with Gasteiger partial charge in [-0.1, -0.05) is 6.08 Å². The molecule has 1 aromatic carbocycles. The van der Waals surface area contributed by atoms with E-state index in [4.69, 9.17) is 0 Å². The minimum Gasteiger partial charge on any atom is -0.343 e. The molecule has 0 unspecified atom stereocenters. The Morgan fingerprint density at radius 1 is 1.22 bits per heavy atom. The van der Waals surface area contributed by atoms with Crippen LogP contribution in [0.2, 0.25) is 0 Å². The van der Waals surface area contributed by atoms with Crippen molar-refractivity contribution in [2.24, 2.45) is 5.92 Å². The Labute approximate surface area is 177 Å². The van der Waals surface area contributed by atoms with Gasteiger partial charge in [-0.05, 0) is 37.8 Å². The van der Waals surface area contributed by atoms with Crippen molar-refractivity contribution in [2.45, 2.75) is 25.8 Å². The van der Waals surface area contributed by atoms with Gasteiger partial charge in [0.15, 0.2) is 11.6 Å². The molecular weight excluding hydrogens is 432 g/mol. The third kappa shape index (κ3) is 3.93. The van der Waals surface area contributed by atoms with E-state index in [1.165, 1.54) is 13.0 Å². The van der Waals surface area contributed by atoms with Gasteiger partial charge in [-0.25, -0.2) is 26.9 Å². The van der Waals surface area contributed by atoms with Crippen molar-refractivity contribution < 1.29 is 22.4 Å². The van der Waals surface area contributed by atoms with Gasteiger partial charge in [-0.2, -0.15) is 0 Å². The number of hydrogen-bond donors (Lipinski definition) is 2. The monoisotopic (exact) mass is 448 g/mol. The molecule has 3 aromatic rings. The molecule has 1 aliphatic rings. The molecule has 1 atom stereocenters. The highest BCUT2D eigenvalue weighted by atomic mass is 19.2. The molecule has 0 radical (unpaired) electrons. The number of carbonyl (C=O) groups excluding carboxylic acids is 1. The number of amides is 1. The van der Waals surface area contributed by atoms with E-state index < -0.39 is 57.6 Å². The van der Waals surface area contributed by atoms with Crippen LogP contribution in [0, 0.1) is 29.2 Å². The highest BCUT2D eigenvalue weighted by Crippen LogP contribution is 2.32. The standard InChI is InChI=1S/C21H16F4N4O3/c1-9(18-13(24)7-11(22)8-26-18)27-19(30)15(6-10-2-3-10)29-20(31)16-14(28-21(29)32)5-4-12(23)17(16)25/h4-10H,2-3H2,1H3,(H,27,30)(H,28,32)/t9-/m1/s1. The lowest BCUT2D eigenvalue weighted by Gasteiger charge is -2.17. The van der Waals surface area contributed by atoms with Crippen LogP contribution >= 0.6 is 0 Å². The summed E-state index contributed by atoms with van der Waals surface area (Å²) in [6, 6.07) is 1.34. The van der Waals surface area contributed by atoms with E-state index in [9.17, 15) is 31.9 Å². The molecule has 2 heterocycles. The first-order chi connectivity index (χ1) is 15.2. The van der Waals surface area contributed by atoms with Crippen LogP contribution in [0.25, 0.3) is 16.6 Å². The minimum atomic E-state index is -1.46. The Balaban J connectivity index is 1.79. The summed E-state index contributed by atoms with van der Waals surface area (Å²) in [4.78, 5) is 44.4. The summed E-state index contributed by atoms with van der Waals surface area (Å²) in [5.74, 6) is -5.71. The minimum absolute atomic E-state index is 0.105. The first-order valence-electron chi connectivity index (χ1n) is 9.64. The molecule has 0 saturated heterocycles. The lowest BCUT2D eigenvalue weighted by Crippen LogP contribution is -2.40. The third-order valence-corrected chi connectivity index (χ3v) is 5.04. The van der Waals surface area contributed by atoms with E-state index in [0.717, 1.165) is 18.3 Å². The number of rotatable bonds is 5. The van der Waals surface area contributed by atoms with Gasteiger partial charge in [-0.3, -0.25) is 14.6 Å². The van der Waals surface area contributed by atoms with E-state index in [-0.39, 0.29) is 17.1 Å². The second kappa shape index (κ2) is 8.06. The van der Waals surface area contributed by atoms with E-state index in [1.54, 1.807) is 0 Å². The number of pyridine rings is 1. The van der Waals surface area contributed by atoms with Gasteiger partial charge in [0.05, 0.1) is 23.4 Å². The summed E-state index contributed by atoms with van der Waals surface area (Å²) >= 11 is 0. The highest BCUT2D eigenvalue weighted by Gasteiger charge is 2.27. The highest BCUT2D eigenvalue weighted by molar-refractivity contribution is 6.13. The van der Waals surface area contributed by atoms with Crippen molar-refractivity contribution in [2.75, 3.05) is 0 Å². The van der Waals surface area contributed by atoms with Crippen LogP contribution in [-0.2, 0) is 4.79 Å². The fourth-order valence-electron chi connectivity index (χ4n) is 3.28. The molecule has 32 heavy (non-hydrogen) atoms. The molecule has 11 heteroatoms. The van der Waals surface area contributed by atoms with E-state index in [2.05, 4.69) is 15.3 Å². The van der Waals surface area contributed by atoms with Crippen LogP contribution in [-0.4, -0.2) is 20.4 Å². The number of H-pyrrole nitrogens is 1. The van der Waals surface area contributed by atoms with Crippen LogP contribution in [0.1, 0.15) is 31.5 Å². The predicted octanol–water partition coefficient (Wildman–Crippen LogP) is 2.77. The summed E-state index contributed by atoms with van der Waals surface area (Å²) in [5.41, 5.74) is -3.17. The first kappa shape index (κ1) is 21.5. The lowest BCUT2D eigenvalue weighted by molar-refractivity contribution is -0.116. The largest absolute Gasteiger partial charge is 0.343 e. The maximum atomic E-state index is 14.3. The maximum absolute atomic E-state index is 14.3. The third-order valence-electron chi connectivity index (χ3n) is 5.04. The maximum Gasteiger partial charge on any atom is 0.333 e. The number of aromatic nitrogens is 3. The zero-order valence-electron chi connectivity index (χ0n) is 16.6. The molecule has 1 saturated carbocycles. The molecule has 1 aliphatic carbocycles. The van der Waals surface area contributed by atoms with Gasteiger partial charge >= 0.3 is 5.69 Å². The van der Waals surface area contributed by atoms with Crippen molar-refractivity contribution in [3.05, 3.63) is 80.3 Å². The van der Waals surface area contributed by atoms with E-state index >= 15 is 0 Å². The van der Waals surface area contributed by atoms with Crippen LogP contribution < -0.4 is 16.6 Å². The molecule has 1 fully saturated rings. The number of fused-ring (bicyclic) bond motifs is 1. The SMILES string of the molecule is C[C@@H](NC(=O)C(=CC1CC1)n1c(=O)[nH]c2ccc(F)c(F)c2c1=O)c1ncc(F)cc1F. The number of nitrogens with zero attached hydrogens (tertiary/aromatic N) is 2. The Morgan fingerprint density at radius 3 is 2.59 bits per heavy atom.